The van der Waals surface area contributed by atoms with Crippen LogP contribution in [-0.2, 0) is 6.54 Å². The van der Waals surface area contributed by atoms with Gasteiger partial charge in [-0.3, -0.25) is 5.41 Å². The third-order valence-electron chi connectivity index (χ3n) is 4.07. The molecule has 0 amide bonds. The average molecular weight is 244 g/mol. The Bertz CT molecular complexity index is 405. The summed E-state index contributed by atoms with van der Waals surface area (Å²) in [5.41, 5.74) is 2.65. The molecule has 1 aromatic carbocycles. The Kier molecular flexibility index (Phi) is 4.40. The van der Waals surface area contributed by atoms with E-state index in [-0.39, 0.29) is 0 Å². The summed E-state index contributed by atoms with van der Waals surface area (Å²) in [6, 6.07) is 8.47. The molecule has 2 heteroatoms. The molecule has 0 atom stereocenters. The summed E-state index contributed by atoms with van der Waals surface area (Å²) in [6.45, 7) is 3.01. The van der Waals surface area contributed by atoms with E-state index in [1.165, 1.54) is 43.2 Å². The van der Waals surface area contributed by atoms with Crippen LogP contribution in [0.15, 0.2) is 24.3 Å². The zero-order valence-electron chi connectivity index (χ0n) is 11.6. The van der Waals surface area contributed by atoms with Crippen LogP contribution in [0.1, 0.15) is 43.2 Å². The van der Waals surface area contributed by atoms with Crippen molar-refractivity contribution in [3.63, 3.8) is 0 Å². The van der Waals surface area contributed by atoms with Gasteiger partial charge in [-0.05, 0) is 30.9 Å². The van der Waals surface area contributed by atoms with Crippen molar-refractivity contribution in [3.8, 4) is 0 Å². The number of nitrogens with one attached hydrogen (secondary N) is 1. The van der Waals surface area contributed by atoms with Crippen molar-refractivity contribution in [2.45, 2.75) is 45.6 Å². The maximum absolute atomic E-state index is 8.33. The summed E-state index contributed by atoms with van der Waals surface area (Å²) in [5, 5.41) is 8.33. The monoisotopic (exact) mass is 244 g/mol. The zero-order valence-corrected chi connectivity index (χ0v) is 11.6. The molecule has 0 radical (unpaired) electrons. The number of aryl methyl sites for hydroxylation is 1. The Balaban J connectivity index is 1.96. The van der Waals surface area contributed by atoms with Gasteiger partial charge in [-0.2, -0.15) is 0 Å². The van der Waals surface area contributed by atoms with Crippen molar-refractivity contribution >= 4 is 5.84 Å². The molecule has 0 spiro atoms. The summed E-state index contributed by atoms with van der Waals surface area (Å²) in [4.78, 5) is 2.12. The number of hydrogen-bond donors (Lipinski definition) is 1. The second-order valence-corrected chi connectivity index (χ2v) is 5.50. The van der Waals surface area contributed by atoms with Crippen LogP contribution in [0.25, 0.3) is 0 Å². The highest BCUT2D eigenvalue weighted by Crippen LogP contribution is 2.25. The molecule has 0 unspecified atom stereocenters. The van der Waals surface area contributed by atoms with Gasteiger partial charge in [0.05, 0.1) is 5.84 Å². The average Bonchev–Trinajstić information content (AvgIpc) is 2.41. The first kappa shape index (κ1) is 13.1. The fourth-order valence-electron chi connectivity index (χ4n) is 2.82. The molecule has 0 heterocycles. The Morgan fingerprint density at radius 3 is 2.56 bits per heavy atom. The zero-order chi connectivity index (χ0) is 13.0. The van der Waals surface area contributed by atoms with Crippen LogP contribution >= 0.6 is 0 Å². The largest absolute Gasteiger partial charge is 0.359 e. The Labute approximate surface area is 111 Å². The lowest BCUT2D eigenvalue weighted by atomic mass is 9.88. The number of amidine groups is 1. The third-order valence-corrected chi connectivity index (χ3v) is 4.07. The fourth-order valence-corrected chi connectivity index (χ4v) is 2.82. The molecule has 2 rings (SSSR count). The van der Waals surface area contributed by atoms with E-state index in [2.05, 4.69) is 43.1 Å². The first-order valence-corrected chi connectivity index (χ1v) is 7.02. The van der Waals surface area contributed by atoms with E-state index in [1.54, 1.807) is 0 Å². The standard InChI is InChI=1S/C16H24N2/c1-13-8-6-7-11-15(13)12-18(2)16(17)14-9-4-3-5-10-14/h6-8,11,14,17H,3-5,9-10,12H2,1-2H3. The minimum atomic E-state index is 0.493. The summed E-state index contributed by atoms with van der Waals surface area (Å²) < 4.78 is 0. The number of benzene rings is 1. The van der Waals surface area contributed by atoms with Gasteiger partial charge in [0.2, 0.25) is 0 Å². The van der Waals surface area contributed by atoms with Crippen molar-refractivity contribution < 1.29 is 0 Å². The Hall–Kier alpha value is -1.31. The summed E-state index contributed by atoms with van der Waals surface area (Å²) >= 11 is 0. The minimum absolute atomic E-state index is 0.493. The molecule has 1 aliphatic rings. The lowest BCUT2D eigenvalue weighted by Crippen LogP contribution is -2.33. The summed E-state index contributed by atoms with van der Waals surface area (Å²) in [5.74, 6) is 1.32. The van der Waals surface area contributed by atoms with Crippen molar-refractivity contribution in [1.82, 2.24) is 4.90 Å². The predicted octanol–water partition coefficient (Wildman–Crippen LogP) is 3.98. The molecule has 1 saturated carbocycles. The number of rotatable bonds is 3. The van der Waals surface area contributed by atoms with Crippen LogP contribution in [0.5, 0.6) is 0 Å². The van der Waals surface area contributed by atoms with Gasteiger partial charge in [0.15, 0.2) is 0 Å². The van der Waals surface area contributed by atoms with Gasteiger partial charge in [0.25, 0.3) is 0 Å². The van der Waals surface area contributed by atoms with Crippen molar-refractivity contribution in [2.24, 2.45) is 5.92 Å². The quantitative estimate of drug-likeness (QED) is 0.632. The summed E-state index contributed by atoms with van der Waals surface area (Å²) in [7, 11) is 2.06. The lowest BCUT2D eigenvalue weighted by molar-refractivity contribution is 0.382. The van der Waals surface area contributed by atoms with Gasteiger partial charge in [0.1, 0.15) is 0 Å². The van der Waals surface area contributed by atoms with Crippen LogP contribution in [0.4, 0.5) is 0 Å². The molecule has 0 aliphatic heterocycles. The highest BCUT2D eigenvalue weighted by molar-refractivity contribution is 5.81. The Morgan fingerprint density at radius 1 is 1.22 bits per heavy atom. The van der Waals surface area contributed by atoms with E-state index in [0.717, 1.165) is 12.4 Å². The van der Waals surface area contributed by atoms with Crippen LogP contribution in [-0.4, -0.2) is 17.8 Å². The second-order valence-electron chi connectivity index (χ2n) is 5.50. The van der Waals surface area contributed by atoms with Crippen LogP contribution in [0, 0.1) is 18.3 Å². The molecular weight excluding hydrogens is 220 g/mol. The first-order valence-electron chi connectivity index (χ1n) is 7.02. The second kappa shape index (κ2) is 6.03. The molecule has 0 bridgehead atoms. The molecule has 18 heavy (non-hydrogen) atoms. The van der Waals surface area contributed by atoms with Crippen molar-refractivity contribution in [1.29, 1.82) is 5.41 Å². The van der Waals surface area contributed by atoms with Crippen LogP contribution < -0.4 is 0 Å². The van der Waals surface area contributed by atoms with Gasteiger partial charge >= 0.3 is 0 Å². The molecule has 0 saturated heterocycles. The van der Waals surface area contributed by atoms with E-state index in [1.807, 2.05) is 0 Å². The minimum Gasteiger partial charge on any atom is -0.359 e. The fraction of sp³-hybridized carbons (Fsp3) is 0.562. The van der Waals surface area contributed by atoms with Gasteiger partial charge in [-0.25, -0.2) is 0 Å². The van der Waals surface area contributed by atoms with Gasteiger partial charge in [0, 0.05) is 19.5 Å². The molecule has 0 aromatic heterocycles. The predicted molar refractivity (Wildman–Crippen MR) is 76.9 cm³/mol. The van der Waals surface area contributed by atoms with Gasteiger partial charge < -0.3 is 4.90 Å². The lowest BCUT2D eigenvalue weighted by Gasteiger charge is -2.29. The van der Waals surface area contributed by atoms with E-state index < -0.39 is 0 Å². The number of nitrogens with zero attached hydrogens (tertiary/aromatic N) is 1. The summed E-state index contributed by atoms with van der Waals surface area (Å²) in [6.07, 6.45) is 6.36. The van der Waals surface area contributed by atoms with Crippen molar-refractivity contribution in [2.75, 3.05) is 7.05 Å². The van der Waals surface area contributed by atoms with E-state index >= 15 is 0 Å². The third kappa shape index (κ3) is 3.12. The van der Waals surface area contributed by atoms with Crippen LogP contribution in [0.2, 0.25) is 0 Å². The smallest absolute Gasteiger partial charge is 0.0989 e. The first-order chi connectivity index (χ1) is 8.68. The maximum Gasteiger partial charge on any atom is 0.0989 e. The van der Waals surface area contributed by atoms with Gasteiger partial charge in [-0.1, -0.05) is 43.5 Å². The highest BCUT2D eigenvalue weighted by atomic mass is 15.1. The van der Waals surface area contributed by atoms with E-state index in [9.17, 15) is 0 Å². The molecular formula is C16H24N2. The highest BCUT2D eigenvalue weighted by Gasteiger charge is 2.20. The SMILES string of the molecule is Cc1ccccc1CN(C)C(=N)C1CCCCC1. The normalized spacial score (nSPS) is 16.6. The molecule has 1 aliphatic carbocycles. The topological polar surface area (TPSA) is 27.1 Å². The maximum atomic E-state index is 8.33. The molecule has 2 nitrogen and oxygen atoms in total. The molecule has 98 valence electrons. The van der Waals surface area contributed by atoms with E-state index in [0.29, 0.717) is 5.92 Å². The molecule has 1 fully saturated rings. The van der Waals surface area contributed by atoms with Gasteiger partial charge in [-0.15, -0.1) is 0 Å². The van der Waals surface area contributed by atoms with E-state index in [4.69, 9.17) is 5.41 Å². The van der Waals surface area contributed by atoms with Crippen molar-refractivity contribution in [3.05, 3.63) is 35.4 Å². The van der Waals surface area contributed by atoms with Crippen LogP contribution in [0.3, 0.4) is 0 Å². The molecule has 1 aromatic rings. The Morgan fingerprint density at radius 2 is 1.89 bits per heavy atom. The molecule has 1 N–H and O–H groups in total. The number of hydrogen-bond acceptors (Lipinski definition) is 1.